The molecule has 0 aliphatic heterocycles. The van der Waals surface area contributed by atoms with E-state index >= 15 is 0 Å². The van der Waals surface area contributed by atoms with Crippen LogP contribution in [0.2, 0.25) is 0 Å². The summed E-state index contributed by atoms with van der Waals surface area (Å²) in [5.74, 6) is -0.171. The maximum Gasteiger partial charge on any atom is 0.424 e. The number of halogens is 4. The van der Waals surface area contributed by atoms with Gasteiger partial charge in [0.25, 0.3) is 0 Å². The molecule has 1 aromatic heterocycles. The van der Waals surface area contributed by atoms with Crippen molar-refractivity contribution >= 4 is 21.7 Å². The number of alkyl halides is 3. The molecule has 0 amide bonds. The molecule has 0 spiro atoms. The molecule has 0 bridgehead atoms. The first-order chi connectivity index (χ1) is 16.3. The van der Waals surface area contributed by atoms with Gasteiger partial charge in [-0.2, -0.15) is 18.3 Å². The maximum atomic E-state index is 14.1. The molecular formula is C26H18F4N2O2. The van der Waals surface area contributed by atoms with Crippen molar-refractivity contribution in [3.63, 3.8) is 0 Å². The van der Waals surface area contributed by atoms with Gasteiger partial charge in [0, 0.05) is 10.8 Å². The molecule has 0 fully saturated rings. The van der Waals surface area contributed by atoms with Crippen molar-refractivity contribution in [3.05, 3.63) is 103 Å². The zero-order chi connectivity index (χ0) is 23.9. The fourth-order valence-corrected chi connectivity index (χ4v) is 3.91. The van der Waals surface area contributed by atoms with Crippen LogP contribution in [0.3, 0.4) is 0 Å². The van der Waals surface area contributed by atoms with Gasteiger partial charge in [-0.3, -0.25) is 0 Å². The predicted molar refractivity (Wildman–Crippen MR) is 120 cm³/mol. The molecule has 0 saturated carbocycles. The van der Waals surface area contributed by atoms with Crippen molar-refractivity contribution in [3.8, 4) is 11.4 Å². The number of hydrogen-bond donors (Lipinski definition) is 1. The average molecular weight is 466 g/mol. The molecule has 34 heavy (non-hydrogen) atoms. The van der Waals surface area contributed by atoms with Gasteiger partial charge >= 0.3 is 6.18 Å². The maximum absolute atomic E-state index is 14.1. The molecule has 5 aromatic rings. The van der Waals surface area contributed by atoms with E-state index in [0.717, 1.165) is 5.39 Å². The third-order valence-corrected chi connectivity index (χ3v) is 5.77. The number of ether oxygens (including phenoxy) is 1. The smallest absolute Gasteiger partial charge is 0.424 e. The molecule has 4 nitrogen and oxygen atoms in total. The van der Waals surface area contributed by atoms with E-state index in [4.69, 9.17) is 4.74 Å². The minimum absolute atomic E-state index is 0.242. The first kappa shape index (κ1) is 21.9. The van der Waals surface area contributed by atoms with Gasteiger partial charge in [0.05, 0.1) is 17.4 Å². The van der Waals surface area contributed by atoms with Gasteiger partial charge in [-0.1, -0.05) is 42.5 Å². The summed E-state index contributed by atoms with van der Waals surface area (Å²) in [6.07, 6.45) is -3.61. The lowest BCUT2D eigenvalue weighted by Gasteiger charge is -2.31. The highest BCUT2D eigenvalue weighted by molar-refractivity contribution is 5.88. The van der Waals surface area contributed by atoms with E-state index in [0.29, 0.717) is 22.0 Å². The number of fused-ring (bicyclic) bond motifs is 2. The Balaban J connectivity index is 1.51. The van der Waals surface area contributed by atoms with Gasteiger partial charge in [0.15, 0.2) is 0 Å². The van der Waals surface area contributed by atoms with Gasteiger partial charge in [-0.15, -0.1) is 0 Å². The summed E-state index contributed by atoms with van der Waals surface area (Å²) in [5, 5.41) is 16.9. The summed E-state index contributed by atoms with van der Waals surface area (Å²) >= 11 is 0. The number of aromatic nitrogens is 2. The summed E-state index contributed by atoms with van der Waals surface area (Å²) in [4.78, 5) is 0. The molecule has 1 unspecified atom stereocenters. The Labute approximate surface area is 191 Å². The highest BCUT2D eigenvalue weighted by Crippen LogP contribution is 2.41. The number of hydrogen-bond acceptors (Lipinski definition) is 3. The third-order valence-electron chi connectivity index (χ3n) is 5.77. The summed E-state index contributed by atoms with van der Waals surface area (Å²) in [7, 11) is 0. The minimum atomic E-state index is -5.00. The second-order valence-corrected chi connectivity index (χ2v) is 7.93. The van der Waals surface area contributed by atoms with Crippen LogP contribution in [0.15, 0.2) is 91.1 Å². The van der Waals surface area contributed by atoms with Crippen molar-refractivity contribution < 1.29 is 27.4 Å². The standard InChI is InChI=1S/C26H18F4N2O2/c27-20-9-11-21(12-10-20)32-23-13-8-19(14-18(23)15-31-32)25(33,26(28,29)30)16-34-24-7-3-5-17-4-1-2-6-22(17)24/h1-15,33H,16H2. The summed E-state index contributed by atoms with van der Waals surface area (Å²) in [5.41, 5.74) is -2.56. The van der Waals surface area contributed by atoms with Crippen LogP contribution in [0.4, 0.5) is 17.6 Å². The molecule has 0 saturated heterocycles. The minimum Gasteiger partial charge on any atom is -0.489 e. The second-order valence-electron chi connectivity index (χ2n) is 7.93. The second kappa shape index (κ2) is 8.14. The molecule has 0 aliphatic carbocycles. The van der Waals surface area contributed by atoms with Crippen LogP contribution < -0.4 is 4.74 Å². The lowest BCUT2D eigenvalue weighted by molar-refractivity contribution is -0.275. The monoisotopic (exact) mass is 466 g/mol. The zero-order valence-electron chi connectivity index (χ0n) is 17.6. The molecule has 1 atom stereocenters. The predicted octanol–water partition coefficient (Wildman–Crippen LogP) is 6.15. The molecule has 4 aromatic carbocycles. The van der Waals surface area contributed by atoms with Gasteiger partial charge in [0.1, 0.15) is 18.2 Å². The fourth-order valence-electron chi connectivity index (χ4n) is 3.91. The summed E-state index contributed by atoms with van der Waals surface area (Å²) < 4.78 is 62.6. The molecule has 1 N–H and O–H groups in total. The molecular weight excluding hydrogens is 448 g/mol. The molecule has 1 heterocycles. The van der Waals surface area contributed by atoms with Crippen LogP contribution >= 0.6 is 0 Å². The molecule has 0 aliphatic rings. The molecule has 5 rings (SSSR count). The zero-order valence-corrected chi connectivity index (χ0v) is 17.6. The van der Waals surface area contributed by atoms with E-state index < -0.39 is 24.2 Å². The SMILES string of the molecule is OC(COc1cccc2ccccc12)(c1ccc2c(cnn2-c2ccc(F)cc2)c1)C(F)(F)F. The highest BCUT2D eigenvalue weighted by atomic mass is 19.4. The lowest BCUT2D eigenvalue weighted by atomic mass is 9.93. The van der Waals surface area contributed by atoms with E-state index in [1.54, 1.807) is 24.3 Å². The fraction of sp³-hybridized carbons (Fsp3) is 0.115. The van der Waals surface area contributed by atoms with Crippen LogP contribution in [0.25, 0.3) is 27.4 Å². The average Bonchev–Trinajstić information content (AvgIpc) is 3.25. The largest absolute Gasteiger partial charge is 0.489 e. The van der Waals surface area contributed by atoms with Gasteiger partial charge in [0.2, 0.25) is 5.60 Å². The Kier molecular flexibility index (Phi) is 5.25. The Morgan fingerprint density at radius 3 is 2.35 bits per heavy atom. The van der Waals surface area contributed by atoms with Crippen LogP contribution in [0, 0.1) is 5.82 Å². The van der Waals surface area contributed by atoms with Crippen molar-refractivity contribution in [2.75, 3.05) is 6.61 Å². The topological polar surface area (TPSA) is 47.3 Å². The lowest BCUT2D eigenvalue weighted by Crippen LogP contribution is -2.47. The molecule has 0 radical (unpaired) electrons. The van der Waals surface area contributed by atoms with E-state index in [-0.39, 0.29) is 11.3 Å². The summed E-state index contributed by atoms with van der Waals surface area (Å²) in [6.45, 7) is -1.03. The Hall–Kier alpha value is -3.91. The third kappa shape index (κ3) is 3.76. The number of rotatable bonds is 5. The van der Waals surface area contributed by atoms with E-state index in [1.807, 2.05) is 18.2 Å². The number of aliphatic hydroxyl groups is 1. The van der Waals surface area contributed by atoms with Crippen molar-refractivity contribution in [2.24, 2.45) is 0 Å². The molecule has 8 heteroatoms. The van der Waals surface area contributed by atoms with Gasteiger partial charge < -0.3 is 9.84 Å². The van der Waals surface area contributed by atoms with E-state index in [1.165, 1.54) is 53.3 Å². The van der Waals surface area contributed by atoms with Crippen LogP contribution in [-0.4, -0.2) is 27.7 Å². The van der Waals surface area contributed by atoms with Gasteiger partial charge in [-0.05, 0) is 53.4 Å². The van der Waals surface area contributed by atoms with Crippen LogP contribution in [-0.2, 0) is 5.60 Å². The van der Waals surface area contributed by atoms with Gasteiger partial charge in [-0.25, -0.2) is 9.07 Å². The number of nitrogens with zero attached hydrogens (tertiary/aromatic N) is 2. The van der Waals surface area contributed by atoms with E-state index in [9.17, 15) is 22.7 Å². The van der Waals surface area contributed by atoms with Crippen LogP contribution in [0.1, 0.15) is 5.56 Å². The first-order valence-corrected chi connectivity index (χ1v) is 10.4. The van der Waals surface area contributed by atoms with Crippen LogP contribution in [0.5, 0.6) is 5.75 Å². The highest BCUT2D eigenvalue weighted by Gasteiger charge is 2.56. The Morgan fingerprint density at radius 2 is 1.59 bits per heavy atom. The Bertz CT molecular complexity index is 1470. The normalized spacial score (nSPS) is 13.8. The van der Waals surface area contributed by atoms with E-state index in [2.05, 4.69) is 5.10 Å². The first-order valence-electron chi connectivity index (χ1n) is 10.4. The Morgan fingerprint density at radius 1 is 0.853 bits per heavy atom. The molecule has 172 valence electrons. The quantitative estimate of drug-likeness (QED) is 0.316. The van der Waals surface area contributed by atoms with Crippen molar-refractivity contribution in [1.29, 1.82) is 0 Å². The van der Waals surface area contributed by atoms with Crippen molar-refractivity contribution in [1.82, 2.24) is 9.78 Å². The summed E-state index contributed by atoms with van der Waals surface area (Å²) in [6, 6.07) is 21.7. The number of benzene rings is 4. The van der Waals surface area contributed by atoms with Crippen molar-refractivity contribution in [2.45, 2.75) is 11.8 Å².